The number of phenols is 2. The molecule has 10 N–H and O–H groups in total. The second-order valence-corrected chi connectivity index (χ2v) is 16.7. The van der Waals surface area contributed by atoms with E-state index in [4.69, 9.17) is 0 Å². The number of unbranched alkanes of at least 4 members (excludes halogenated alkanes) is 5. The van der Waals surface area contributed by atoms with Gasteiger partial charge in [0.25, 0.3) is 5.91 Å². The second-order valence-electron chi connectivity index (χ2n) is 16.7. The van der Waals surface area contributed by atoms with E-state index in [0.717, 1.165) is 22.4 Å². The number of fused-ring (bicyclic) bond motifs is 5. The number of quaternary nitrogens is 1. The van der Waals surface area contributed by atoms with Crippen molar-refractivity contribution < 1.29 is 49.8 Å². The fraction of sp³-hybridized carbons (Fsp3) is 0.400. The van der Waals surface area contributed by atoms with Crippen LogP contribution in [-0.4, -0.2) is 94.0 Å². The molecule has 0 radical (unpaired) electrons. The minimum atomic E-state index is -1.43. The van der Waals surface area contributed by atoms with E-state index in [9.17, 15) is 44.1 Å². The molecule has 346 valence electrons. The Hall–Kier alpha value is -6.74. The number of amides is 5. The Bertz CT molecular complexity index is 2300. The zero-order chi connectivity index (χ0) is 47.0. The second kappa shape index (κ2) is 23.8. The summed E-state index contributed by atoms with van der Waals surface area (Å²) < 4.78 is 0. The first-order chi connectivity index (χ1) is 31.2. The first kappa shape index (κ1) is 49.3. The van der Waals surface area contributed by atoms with Crippen LogP contribution < -0.4 is 27.0 Å². The number of likely N-dealkylation sites (N-methyl/N-ethyl adjacent to an activating group) is 1. The van der Waals surface area contributed by atoms with Gasteiger partial charge in [0.2, 0.25) is 23.6 Å². The number of carboxylic acids is 1. The maximum absolute atomic E-state index is 14.4. The predicted molar refractivity (Wildman–Crippen MR) is 246 cm³/mol. The van der Waals surface area contributed by atoms with Crippen LogP contribution in [-0.2, 0) is 36.8 Å². The summed E-state index contributed by atoms with van der Waals surface area (Å²) >= 11 is 0. The minimum Gasteiger partial charge on any atom is -0.507 e. The van der Waals surface area contributed by atoms with Gasteiger partial charge in [-0.25, -0.2) is 4.79 Å². The zero-order valence-corrected chi connectivity index (χ0v) is 37.5. The monoisotopic (exact) mass is 891 g/mol. The topological polar surface area (TPSA) is 242 Å². The van der Waals surface area contributed by atoms with Crippen LogP contribution in [0.1, 0.15) is 105 Å². The van der Waals surface area contributed by atoms with Gasteiger partial charge in [-0.3, -0.25) is 24.0 Å². The van der Waals surface area contributed by atoms with Crippen molar-refractivity contribution in [3.8, 4) is 33.8 Å². The van der Waals surface area contributed by atoms with Gasteiger partial charge in [-0.1, -0.05) is 81.1 Å². The molecule has 0 saturated carbocycles. The molecule has 15 nitrogen and oxygen atoms in total. The summed E-state index contributed by atoms with van der Waals surface area (Å²) in [4.78, 5) is 81.6. The number of hydrogen-bond donors (Lipinski definition) is 8. The van der Waals surface area contributed by atoms with Gasteiger partial charge in [-0.15, -0.1) is 0 Å². The van der Waals surface area contributed by atoms with Crippen molar-refractivity contribution in [2.75, 3.05) is 20.1 Å². The van der Waals surface area contributed by atoms with E-state index in [0.29, 0.717) is 30.5 Å². The molecule has 0 aliphatic carbocycles. The van der Waals surface area contributed by atoms with E-state index in [1.165, 1.54) is 88.0 Å². The van der Waals surface area contributed by atoms with E-state index in [1.54, 1.807) is 12.1 Å². The standard InChI is InChI=1S/C50H62N6O9/c1-4-5-6-7-8-11-32-13-16-34(17-14-32)35-18-20-36(21-19-35)47(61)52-27-25-44(59)54-40(12-9-10-26-51)49(63)56(3)45-37-22-24-43(58)39(30-37)38-28-33(15-23-42(38)57)29-41(50(64)65)55-46(60)31(2)53-48(45)62/h13-24,28,30-31,40-41,45,57-58H,4-12,25-27,29,51H2,1-3H3,(H,52,61)(H,53,62)(H,54,59)(H,55,60)(H,64,65)/p+1/t31-,40-,41-,45-/m0/s1. The number of carboxylic acid groups (broad SMARTS) is 1. The summed E-state index contributed by atoms with van der Waals surface area (Å²) in [5.41, 5.74) is 8.51. The number of nitrogens with one attached hydrogen (secondary N) is 4. The van der Waals surface area contributed by atoms with Crippen molar-refractivity contribution in [3.63, 3.8) is 0 Å². The third-order valence-corrected chi connectivity index (χ3v) is 11.7. The highest BCUT2D eigenvalue weighted by atomic mass is 16.4. The Morgan fingerprint density at radius 1 is 0.800 bits per heavy atom. The summed E-state index contributed by atoms with van der Waals surface area (Å²) in [6.45, 7) is 4.16. The number of rotatable bonds is 19. The molecule has 4 aromatic rings. The van der Waals surface area contributed by atoms with E-state index >= 15 is 0 Å². The third-order valence-electron chi connectivity index (χ3n) is 11.7. The van der Waals surface area contributed by atoms with Gasteiger partial charge in [0, 0.05) is 43.1 Å². The van der Waals surface area contributed by atoms with Crippen LogP contribution in [0.2, 0.25) is 0 Å². The number of aliphatic carboxylic acids is 1. The van der Waals surface area contributed by atoms with E-state index < -0.39 is 53.8 Å². The molecule has 0 spiro atoms. The molecule has 0 unspecified atom stereocenters. The number of carbonyl (C=O) groups excluding carboxylic acids is 5. The average Bonchev–Trinajstić information content (AvgIpc) is 3.29. The fourth-order valence-corrected chi connectivity index (χ4v) is 7.93. The van der Waals surface area contributed by atoms with Crippen LogP contribution in [0.25, 0.3) is 22.3 Å². The van der Waals surface area contributed by atoms with Gasteiger partial charge in [0.1, 0.15) is 35.7 Å². The third kappa shape index (κ3) is 13.6. The van der Waals surface area contributed by atoms with Crippen molar-refractivity contribution in [1.82, 2.24) is 26.2 Å². The molecular formula is C50H63N6O9+. The Kier molecular flexibility index (Phi) is 18.0. The Balaban J connectivity index is 1.28. The minimum absolute atomic E-state index is 0.0139. The number of aryl methyl sites for hydroxylation is 1. The Morgan fingerprint density at radius 2 is 1.45 bits per heavy atom. The summed E-state index contributed by atoms with van der Waals surface area (Å²) in [7, 11) is 1.38. The van der Waals surface area contributed by atoms with Crippen LogP contribution in [0.4, 0.5) is 0 Å². The number of aromatic hydroxyl groups is 2. The number of carbonyl (C=O) groups is 6. The highest BCUT2D eigenvalue weighted by molar-refractivity contribution is 5.97. The molecule has 1 aliphatic rings. The Labute approximate surface area is 380 Å². The molecule has 0 saturated heterocycles. The van der Waals surface area contributed by atoms with Gasteiger partial charge in [-0.05, 0) is 103 Å². The predicted octanol–water partition coefficient (Wildman–Crippen LogP) is 4.79. The van der Waals surface area contributed by atoms with Gasteiger partial charge in [0.05, 0.1) is 6.54 Å². The summed E-state index contributed by atoms with van der Waals surface area (Å²) in [6, 6.07) is 19.1. The normalized spacial score (nSPS) is 16.6. The summed E-state index contributed by atoms with van der Waals surface area (Å²) in [6.07, 6.45) is 8.30. The number of hydrogen-bond acceptors (Lipinski definition) is 8. The van der Waals surface area contributed by atoms with Crippen molar-refractivity contribution in [2.24, 2.45) is 0 Å². The molecule has 15 heteroatoms. The lowest BCUT2D eigenvalue weighted by molar-refractivity contribution is -0.368. The maximum Gasteiger partial charge on any atom is 0.326 e. The van der Waals surface area contributed by atoms with Gasteiger partial charge in [-0.2, -0.15) is 0 Å². The number of phenolic OH excluding ortho intramolecular Hbond substituents is 2. The molecule has 0 fully saturated rings. The van der Waals surface area contributed by atoms with E-state index in [1.807, 2.05) is 12.1 Å². The Morgan fingerprint density at radius 3 is 2.11 bits per heavy atom. The first-order valence-electron chi connectivity index (χ1n) is 22.5. The summed E-state index contributed by atoms with van der Waals surface area (Å²) in [5, 5.41) is 42.4. The molecular weight excluding hydrogens is 829 g/mol. The maximum atomic E-state index is 14.4. The van der Waals surface area contributed by atoms with E-state index in [2.05, 4.69) is 58.2 Å². The molecule has 1 heterocycles. The van der Waals surface area contributed by atoms with Crippen LogP contribution in [0.5, 0.6) is 11.5 Å². The van der Waals surface area contributed by atoms with Crippen molar-refractivity contribution in [1.29, 1.82) is 0 Å². The lowest BCUT2D eigenvalue weighted by Gasteiger charge is -2.32. The lowest BCUT2D eigenvalue weighted by Crippen LogP contribution is -2.55. The number of nitrogens with zero attached hydrogens (tertiary/aromatic N) is 1. The van der Waals surface area contributed by atoms with Gasteiger partial charge < -0.3 is 47.2 Å². The molecule has 5 amide bonds. The number of benzene rings is 4. The summed E-state index contributed by atoms with van der Waals surface area (Å²) in [5.74, 6) is -4.93. The molecule has 4 aromatic carbocycles. The highest BCUT2D eigenvalue weighted by Crippen LogP contribution is 2.39. The van der Waals surface area contributed by atoms with Gasteiger partial charge in [0.15, 0.2) is 0 Å². The van der Waals surface area contributed by atoms with Crippen LogP contribution in [0.3, 0.4) is 0 Å². The van der Waals surface area contributed by atoms with Crippen molar-refractivity contribution in [2.45, 2.75) is 109 Å². The quantitative estimate of drug-likeness (QED) is 0.0603. The van der Waals surface area contributed by atoms with Crippen molar-refractivity contribution in [3.05, 3.63) is 107 Å². The van der Waals surface area contributed by atoms with E-state index in [-0.39, 0.29) is 59.9 Å². The fourth-order valence-electron chi connectivity index (χ4n) is 7.93. The molecule has 5 rings (SSSR count). The smallest absolute Gasteiger partial charge is 0.326 e. The van der Waals surface area contributed by atoms with Gasteiger partial charge >= 0.3 is 5.97 Å². The molecule has 0 aromatic heterocycles. The molecule has 65 heavy (non-hydrogen) atoms. The lowest BCUT2D eigenvalue weighted by atomic mass is 9.93. The highest BCUT2D eigenvalue weighted by Gasteiger charge is 2.36. The molecule has 4 bridgehead atoms. The molecule has 1 aliphatic heterocycles. The zero-order valence-electron chi connectivity index (χ0n) is 37.5. The van der Waals surface area contributed by atoms with Crippen LogP contribution in [0, 0.1) is 0 Å². The molecule has 4 atom stereocenters. The SMILES string of the molecule is CCCCCCCc1ccc(-c2ccc(C(=O)NCCC(=O)N[C@@H](CCCC[NH3+])C(=O)N(C)[C@@H]3C(=O)N[C@@H](C)C(=O)N[C@H](C(=O)O)Cc4ccc(O)c(c4)-c4cc3ccc4O)cc2)cc1. The van der Waals surface area contributed by atoms with Crippen LogP contribution >= 0.6 is 0 Å². The van der Waals surface area contributed by atoms with Crippen LogP contribution in [0.15, 0.2) is 84.9 Å². The first-order valence-corrected chi connectivity index (χ1v) is 22.5. The van der Waals surface area contributed by atoms with Crippen molar-refractivity contribution >= 4 is 35.5 Å². The average molecular weight is 892 g/mol. The largest absolute Gasteiger partial charge is 0.507 e.